The first-order valence-corrected chi connectivity index (χ1v) is 9.08. The van der Waals surface area contributed by atoms with E-state index >= 15 is 0 Å². The molecule has 3 rings (SSSR count). The molecule has 1 aliphatic rings. The zero-order valence-electron chi connectivity index (χ0n) is 13.2. The van der Waals surface area contributed by atoms with Gasteiger partial charge in [-0.1, -0.05) is 6.07 Å². The molecule has 0 saturated carbocycles. The smallest absolute Gasteiger partial charge is 0.319 e. The van der Waals surface area contributed by atoms with Gasteiger partial charge in [-0.05, 0) is 52.7 Å². The summed E-state index contributed by atoms with van der Waals surface area (Å²) in [4.78, 5) is 36.3. The maximum absolute atomic E-state index is 12.3. The van der Waals surface area contributed by atoms with E-state index in [1.807, 2.05) is 6.07 Å². The lowest BCUT2D eigenvalue weighted by molar-refractivity contribution is -0.117. The summed E-state index contributed by atoms with van der Waals surface area (Å²) in [6.45, 7) is 2.05. The van der Waals surface area contributed by atoms with Gasteiger partial charge < -0.3 is 21.3 Å². The Morgan fingerprint density at radius 1 is 1.28 bits per heavy atom. The fourth-order valence-electron chi connectivity index (χ4n) is 2.29. The van der Waals surface area contributed by atoms with E-state index in [1.54, 1.807) is 31.2 Å². The molecule has 0 fully saturated rings. The Morgan fingerprint density at radius 3 is 2.80 bits per heavy atom. The number of anilines is 2. The quantitative estimate of drug-likeness (QED) is 0.609. The molecule has 0 spiro atoms. The van der Waals surface area contributed by atoms with Crippen LogP contribution in [0.25, 0.3) is 0 Å². The van der Waals surface area contributed by atoms with E-state index in [0.717, 1.165) is 9.35 Å². The number of hydrogen-bond acceptors (Lipinski definition) is 4. The second kappa shape index (κ2) is 7.24. The third-order valence-electron chi connectivity index (χ3n) is 3.60. The molecule has 0 bridgehead atoms. The van der Waals surface area contributed by atoms with Gasteiger partial charge in [0.05, 0.1) is 8.66 Å². The molecule has 4 amide bonds. The number of amides is 4. The second-order valence-corrected chi connectivity index (χ2v) is 7.93. The fraction of sp³-hybridized carbons (Fsp3) is 0.188. The minimum Gasteiger partial charge on any atom is -0.340 e. The Labute approximate surface area is 156 Å². The average Bonchev–Trinajstić information content (AvgIpc) is 3.01. The summed E-state index contributed by atoms with van der Waals surface area (Å²) in [7, 11) is 0. The topological polar surface area (TPSA) is 99.3 Å². The zero-order valence-corrected chi connectivity index (χ0v) is 15.6. The first kappa shape index (κ1) is 17.4. The average molecular weight is 423 g/mol. The summed E-state index contributed by atoms with van der Waals surface area (Å²) >= 11 is 4.59. The Hall–Kier alpha value is -2.39. The van der Waals surface area contributed by atoms with Gasteiger partial charge in [-0.15, -0.1) is 11.3 Å². The lowest BCUT2D eigenvalue weighted by Gasteiger charge is -2.20. The summed E-state index contributed by atoms with van der Waals surface area (Å²) in [5.41, 5.74) is 2.13. The van der Waals surface area contributed by atoms with E-state index < -0.39 is 6.04 Å². The highest BCUT2D eigenvalue weighted by atomic mass is 79.9. The molecule has 25 heavy (non-hydrogen) atoms. The third-order valence-corrected chi connectivity index (χ3v) is 5.23. The Morgan fingerprint density at radius 2 is 2.08 bits per heavy atom. The maximum atomic E-state index is 12.3. The molecule has 9 heteroatoms. The van der Waals surface area contributed by atoms with E-state index in [0.29, 0.717) is 22.8 Å². The molecule has 2 aromatic rings. The molecule has 1 atom stereocenters. The predicted molar refractivity (Wildman–Crippen MR) is 99.9 cm³/mol. The van der Waals surface area contributed by atoms with E-state index in [2.05, 4.69) is 37.2 Å². The Bertz CT molecular complexity index is 852. The van der Waals surface area contributed by atoms with Crippen molar-refractivity contribution in [2.75, 3.05) is 10.6 Å². The van der Waals surface area contributed by atoms with E-state index in [4.69, 9.17) is 0 Å². The number of rotatable bonds is 4. The van der Waals surface area contributed by atoms with Gasteiger partial charge in [-0.3, -0.25) is 9.59 Å². The van der Waals surface area contributed by atoms with Gasteiger partial charge in [0.2, 0.25) is 5.91 Å². The van der Waals surface area contributed by atoms with Crippen molar-refractivity contribution < 1.29 is 14.4 Å². The molecule has 2 heterocycles. The van der Waals surface area contributed by atoms with Crippen LogP contribution in [-0.4, -0.2) is 23.9 Å². The van der Waals surface area contributed by atoms with Crippen molar-refractivity contribution in [1.29, 1.82) is 0 Å². The van der Waals surface area contributed by atoms with Crippen LogP contribution >= 0.6 is 27.3 Å². The fourth-order valence-corrected chi connectivity index (χ4v) is 3.58. The number of carbonyl (C=O) groups excluding carboxylic acids is 3. The van der Waals surface area contributed by atoms with Crippen molar-refractivity contribution in [3.8, 4) is 0 Å². The van der Waals surface area contributed by atoms with Crippen LogP contribution in [-0.2, 0) is 11.3 Å². The molecule has 130 valence electrons. The molecule has 7 nitrogen and oxygen atoms in total. The van der Waals surface area contributed by atoms with Crippen molar-refractivity contribution in [1.82, 2.24) is 10.6 Å². The highest BCUT2D eigenvalue weighted by Crippen LogP contribution is 2.24. The largest absolute Gasteiger partial charge is 0.340 e. The molecule has 1 unspecified atom stereocenters. The Kier molecular flexibility index (Phi) is 5.05. The normalized spacial score (nSPS) is 13.9. The molecule has 1 aliphatic heterocycles. The van der Waals surface area contributed by atoms with Gasteiger partial charge in [-0.2, -0.15) is 0 Å². The monoisotopic (exact) mass is 422 g/mol. The van der Waals surface area contributed by atoms with Crippen LogP contribution in [0.2, 0.25) is 0 Å². The second-order valence-electron chi connectivity index (χ2n) is 5.47. The summed E-state index contributed by atoms with van der Waals surface area (Å²) < 4.78 is 0.848. The number of halogens is 1. The molecule has 1 aromatic heterocycles. The van der Waals surface area contributed by atoms with E-state index in [-0.39, 0.29) is 17.8 Å². The van der Waals surface area contributed by atoms with Crippen LogP contribution in [0.5, 0.6) is 0 Å². The van der Waals surface area contributed by atoms with Crippen molar-refractivity contribution in [2.45, 2.75) is 19.5 Å². The summed E-state index contributed by atoms with van der Waals surface area (Å²) in [6.07, 6.45) is 0. The Balaban J connectivity index is 1.62. The summed E-state index contributed by atoms with van der Waals surface area (Å²) in [5, 5.41) is 10.7. The van der Waals surface area contributed by atoms with Crippen molar-refractivity contribution in [3.63, 3.8) is 0 Å². The lowest BCUT2D eigenvalue weighted by Crippen LogP contribution is -2.41. The summed E-state index contributed by atoms with van der Waals surface area (Å²) in [6, 6.07) is 7.75. The van der Waals surface area contributed by atoms with E-state index in [9.17, 15) is 14.4 Å². The standard InChI is InChI=1S/C16H15BrN4O3S/c1-8(19-15(23)12-4-5-13(17)25-12)14(22)20-10-3-2-9-7-18-16(24)21-11(9)6-10/h2-6,8H,7H2,1H3,(H,19,23)(H,20,22)(H2,18,21,24). The number of nitrogens with one attached hydrogen (secondary N) is 4. The van der Waals surface area contributed by atoms with E-state index in [1.165, 1.54) is 11.3 Å². The van der Waals surface area contributed by atoms with Gasteiger partial charge >= 0.3 is 6.03 Å². The van der Waals surface area contributed by atoms with Gasteiger partial charge in [0.1, 0.15) is 6.04 Å². The van der Waals surface area contributed by atoms with Crippen LogP contribution in [0.15, 0.2) is 34.1 Å². The molecule has 1 aromatic carbocycles. The minimum atomic E-state index is -0.708. The summed E-state index contributed by atoms with van der Waals surface area (Å²) in [5.74, 6) is -0.647. The first-order valence-electron chi connectivity index (χ1n) is 7.47. The van der Waals surface area contributed by atoms with Gasteiger partial charge in [0.15, 0.2) is 0 Å². The number of thiophene rings is 1. The molecule has 4 N–H and O–H groups in total. The number of carbonyl (C=O) groups is 3. The number of hydrogen-bond donors (Lipinski definition) is 4. The van der Waals surface area contributed by atoms with Crippen LogP contribution in [0.3, 0.4) is 0 Å². The number of benzene rings is 1. The first-order chi connectivity index (χ1) is 11.9. The van der Waals surface area contributed by atoms with Crippen LogP contribution in [0, 0.1) is 0 Å². The molecule has 0 saturated heterocycles. The predicted octanol–water partition coefficient (Wildman–Crippen LogP) is 2.90. The SMILES string of the molecule is CC(NC(=O)c1ccc(Br)s1)C(=O)Nc1ccc2c(c1)NC(=O)NC2. The highest BCUT2D eigenvalue weighted by Gasteiger charge is 2.19. The lowest BCUT2D eigenvalue weighted by atomic mass is 10.1. The van der Waals surface area contributed by atoms with Gasteiger partial charge in [0.25, 0.3) is 5.91 Å². The number of urea groups is 1. The third kappa shape index (κ3) is 4.18. The molecular weight excluding hydrogens is 408 g/mol. The van der Waals surface area contributed by atoms with Crippen molar-refractivity contribution in [2.24, 2.45) is 0 Å². The molecule has 0 radical (unpaired) electrons. The highest BCUT2D eigenvalue weighted by molar-refractivity contribution is 9.11. The van der Waals surface area contributed by atoms with Crippen molar-refractivity contribution >= 4 is 56.5 Å². The van der Waals surface area contributed by atoms with Gasteiger partial charge in [0, 0.05) is 17.9 Å². The van der Waals surface area contributed by atoms with Gasteiger partial charge in [-0.25, -0.2) is 4.79 Å². The zero-order chi connectivity index (χ0) is 18.0. The van der Waals surface area contributed by atoms with Crippen LogP contribution in [0.1, 0.15) is 22.2 Å². The van der Waals surface area contributed by atoms with Crippen LogP contribution in [0.4, 0.5) is 16.2 Å². The molecule has 0 aliphatic carbocycles. The van der Waals surface area contributed by atoms with Crippen LogP contribution < -0.4 is 21.3 Å². The van der Waals surface area contributed by atoms with Crippen molar-refractivity contribution in [3.05, 3.63) is 44.6 Å². The molecular formula is C16H15BrN4O3S. The minimum absolute atomic E-state index is 0.279. The number of fused-ring (bicyclic) bond motifs is 1. The maximum Gasteiger partial charge on any atom is 0.319 e.